The first-order valence-corrected chi connectivity index (χ1v) is 7.06. The van der Waals surface area contributed by atoms with Crippen LogP contribution in [0.15, 0.2) is 18.3 Å². The minimum absolute atomic E-state index is 0.176. The van der Waals surface area contributed by atoms with Gasteiger partial charge in [0, 0.05) is 11.6 Å². The Bertz CT molecular complexity index is 511. The van der Waals surface area contributed by atoms with Gasteiger partial charge in [0.2, 0.25) is 5.88 Å². The Labute approximate surface area is 114 Å². The van der Waals surface area contributed by atoms with Crippen LogP contribution >= 0.6 is 0 Å². The molecule has 19 heavy (non-hydrogen) atoms. The fourth-order valence-electron chi connectivity index (χ4n) is 4.03. The Morgan fingerprint density at radius 3 is 2.79 bits per heavy atom. The lowest BCUT2D eigenvalue weighted by molar-refractivity contribution is 0.0269. The van der Waals surface area contributed by atoms with Crippen molar-refractivity contribution >= 4 is 6.29 Å². The van der Waals surface area contributed by atoms with Crippen LogP contribution in [0.1, 0.15) is 50.4 Å². The van der Waals surface area contributed by atoms with Gasteiger partial charge in [-0.1, -0.05) is 20.8 Å². The van der Waals surface area contributed by atoms with Crippen LogP contribution in [0.3, 0.4) is 0 Å². The average molecular weight is 259 g/mol. The minimum atomic E-state index is 0.176. The number of ether oxygens (including phenoxy) is 1. The van der Waals surface area contributed by atoms with Crippen molar-refractivity contribution in [2.24, 2.45) is 16.7 Å². The normalized spacial score (nSPS) is 35.3. The van der Waals surface area contributed by atoms with Crippen LogP contribution in [0.25, 0.3) is 0 Å². The number of hydrogen-bond acceptors (Lipinski definition) is 3. The number of carbonyl (C=O) groups is 1. The van der Waals surface area contributed by atoms with Gasteiger partial charge in [-0.3, -0.25) is 4.79 Å². The van der Waals surface area contributed by atoms with Crippen molar-refractivity contribution in [1.29, 1.82) is 0 Å². The molecule has 0 radical (unpaired) electrons. The summed E-state index contributed by atoms with van der Waals surface area (Å²) < 4.78 is 6.13. The van der Waals surface area contributed by atoms with Crippen LogP contribution in [0.4, 0.5) is 0 Å². The second-order valence-corrected chi connectivity index (χ2v) is 6.73. The summed E-state index contributed by atoms with van der Waals surface area (Å²) in [5.74, 6) is 1.22. The number of fused-ring (bicyclic) bond motifs is 2. The van der Waals surface area contributed by atoms with E-state index < -0.39 is 0 Å². The standard InChI is InChI=1S/C16H21NO2/c1-15(2)12-6-7-16(15,3)13(9-12)19-14-11(10-18)5-4-8-17-14/h4-5,8,10,12-13H,6-7,9H2,1-3H3. The maximum atomic E-state index is 11.0. The van der Waals surface area contributed by atoms with Crippen molar-refractivity contribution in [2.75, 3.05) is 0 Å². The third kappa shape index (κ3) is 1.63. The highest BCUT2D eigenvalue weighted by Crippen LogP contribution is 2.66. The van der Waals surface area contributed by atoms with Gasteiger partial charge in [-0.2, -0.15) is 0 Å². The molecule has 3 heteroatoms. The Balaban J connectivity index is 1.88. The lowest BCUT2D eigenvalue weighted by atomic mass is 9.70. The summed E-state index contributed by atoms with van der Waals surface area (Å²) in [7, 11) is 0. The van der Waals surface area contributed by atoms with E-state index >= 15 is 0 Å². The monoisotopic (exact) mass is 259 g/mol. The number of nitrogens with zero attached hydrogens (tertiary/aromatic N) is 1. The molecule has 102 valence electrons. The molecule has 3 rings (SSSR count). The molecule has 0 spiro atoms. The molecule has 0 saturated heterocycles. The summed E-state index contributed by atoms with van der Waals surface area (Å²) in [5, 5.41) is 0. The van der Waals surface area contributed by atoms with Crippen molar-refractivity contribution in [3.8, 4) is 5.88 Å². The Morgan fingerprint density at radius 1 is 1.42 bits per heavy atom. The lowest BCUT2D eigenvalue weighted by Crippen LogP contribution is -2.39. The van der Waals surface area contributed by atoms with E-state index in [1.807, 2.05) is 0 Å². The van der Waals surface area contributed by atoms with Crippen molar-refractivity contribution in [3.05, 3.63) is 23.9 Å². The molecule has 2 aliphatic carbocycles. The quantitative estimate of drug-likeness (QED) is 0.780. The van der Waals surface area contributed by atoms with Crippen molar-refractivity contribution in [1.82, 2.24) is 4.98 Å². The highest BCUT2D eigenvalue weighted by molar-refractivity contribution is 5.77. The third-order valence-electron chi connectivity index (χ3n) is 5.90. The van der Waals surface area contributed by atoms with Crippen LogP contribution in [-0.2, 0) is 0 Å². The Morgan fingerprint density at radius 2 is 2.21 bits per heavy atom. The number of pyridine rings is 1. The first-order chi connectivity index (χ1) is 8.99. The summed E-state index contributed by atoms with van der Waals surface area (Å²) >= 11 is 0. The molecule has 1 aromatic heterocycles. The Hall–Kier alpha value is -1.38. The molecule has 3 unspecified atom stereocenters. The summed E-state index contributed by atoms with van der Waals surface area (Å²) in [6.45, 7) is 7.04. The lowest BCUT2D eigenvalue weighted by Gasteiger charge is -2.38. The van der Waals surface area contributed by atoms with Gasteiger partial charge in [0.1, 0.15) is 6.10 Å². The molecule has 1 aromatic rings. The van der Waals surface area contributed by atoms with Gasteiger partial charge in [0.25, 0.3) is 0 Å². The first-order valence-electron chi connectivity index (χ1n) is 7.06. The number of aromatic nitrogens is 1. The molecule has 2 fully saturated rings. The van der Waals surface area contributed by atoms with E-state index in [-0.39, 0.29) is 11.5 Å². The van der Waals surface area contributed by atoms with Crippen molar-refractivity contribution < 1.29 is 9.53 Å². The van der Waals surface area contributed by atoms with Gasteiger partial charge < -0.3 is 4.74 Å². The predicted octanol–water partition coefficient (Wildman–Crippen LogP) is 3.49. The van der Waals surface area contributed by atoms with E-state index in [1.165, 1.54) is 12.8 Å². The molecule has 2 bridgehead atoms. The van der Waals surface area contributed by atoms with Gasteiger partial charge in [-0.25, -0.2) is 4.98 Å². The zero-order valence-corrected chi connectivity index (χ0v) is 11.8. The SMILES string of the molecule is CC1(C)C2CCC1(C)C(Oc1ncccc1C=O)C2. The largest absolute Gasteiger partial charge is 0.473 e. The maximum absolute atomic E-state index is 11.0. The number of aldehydes is 1. The second kappa shape index (κ2) is 4.06. The van der Waals surface area contributed by atoms with E-state index in [0.29, 0.717) is 16.9 Å². The molecule has 3 atom stereocenters. The van der Waals surface area contributed by atoms with Gasteiger partial charge in [-0.05, 0) is 42.7 Å². The smallest absolute Gasteiger partial charge is 0.224 e. The van der Waals surface area contributed by atoms with E-state index in [2.05, 4.69) is 25.8 Å². The molecule has 2 aliphatic rings. The first kappa shape index (κ1) is 12.6. The van der Waals surface area contributed by atoms with Crippen LogP contribution in [0.5, 0.6) is 5.88 Å². The van der Waals surface area contributed by atoms with Crippen LogP contribution in [0, 0.1) is 16.7 Å². The van der Waals surface area contributed by atoms with Crippen molar-refractivity contribution in [3.63, 3.8) is 0 Å². The maximum Gasteiger partial charge on any atom is 0.224 e. The van der Waals surface area contributed by atoms with E-state index in [1.54, 1.807) is 18.3 Å². The molecule has 1 heterocycles. The zero-order chi connectivity index (χ0) is 13.7. The minimum Gasteiger partial charge on any atom is -0.473 e. The van der Waals surface area contributed by atoms with Crippen LogP contribution in [-0.4, -0.2) is 17.4 Å². The predicted molar refractivity (Wildman–Crippen MR) is 73.3 cm³/mol. The van der Waals surface area contributed by atoms with Crippen LogP contribution < -0.4 is 4.74 Å². The molecular formula is C16H21NO2. The van der Waals surface area contributed by atoms with Gasteiger partial charge in [-0.15, -0.1) is 0 Å². The highest BCUT2D eigenvalue weighted by atomic mass is 16.5. The number of rotatable bonds is 3. The topological polar surface area (TPSA) is 39.2 Å². The molecule has 2 saturated carbocycles. The Kier molecular flexibility index (Phi) is 2.70. The summed E-state index contributed by atoms with van der Waals surface area (Å²) in [4.78, 5) is 15.3. The van der Waals surface area contributed by atoms with Gasteiger partial charge in [0.15, 0.2) is 6.29 Å². The number of carbonyl (C=O) groups excluding carboxylic acids is 1. The van der Waals surface area contributed by atoms with E-state index in [9.17, 15) is 4.79 Å². The highest BCUT2D eigenvalue weighted by Gasteiger charge is 2.62. The third-order valence-corrected chi connectivity index (χ3v) is 5.90. The van der Waals surface area contributed by atoms with E-state index in [4.69, 9.17) is 4.74 Å². The average Bonchev–Trinajstić information content (AvgIpc) is 2.72. The molecule has 0 N–H and O–H groups in total. The van der Waals surface area contributed by atoms with Crippen LogP contribution in [0.2, 0.25) is 0 Å². The fourth-order valence-corrected chi connectivity index (χ4v) is 4.03. The van der Waals surface area contributed by atoms with Gasteiger partial charge >= 0.3 is 0 Å². The molecular weight excluding hydrogens is 238 g/mol. The van der Waals surface area contributed by atoms with Crippen molar-refractivity contribution in [2.45, 2.75) is 46.1 Å². The summed E-state index contributed by atoms with van der Waals surface area (Å²) in [6.07, 6.45) is 6.27. The van der Waals surface area contributed by atoms with E-state index in [0.717, 1.165) is 18.6 Å². The summed E-state index contributed by atoms with van der Waals surface area (Å²) in [6, 6.07) is 3.53. The zero-order valence-electron chi connectivity index (χ0n) is 11.8. The fraction of sp³-hybridized carbons (Fsp3) is 0.625. The second-order valence-electron chi connectivity index (χ2n) is 6.73. The molecule has 3 nitrogen and oxygen atoms in total. The molecule has 0 amide bonds. The molecule has 0 aliphatic heterocycles. The number of hydrogen-bond donors (Lipinski definition) is 0. The molecule has 0 aromatic carbocycles. The van der Waals surface area contributed by atoms with Gasteiger partial charge in [0.05, 0.1) is 5.56 Å². The summed E-state index contributed by atoms with van der Waals surface area (Å²) in [5.41, 5.74) is 1.05.